The maximum absolute atomic E-state index is 12.4. The summed E-state index contributed by atoms with van der Waals surface area (Å²) in [6, 6.07) is 3.47. The van der Waals surface area contributed by atoms with Gasteiger partial charge in [0.1, 0.15) is 18.5 Å². The molecule has 4 N–H and O–H groups in total. The average Bonchev–Trinajstić information content (AvgIpc) is 3.12. The summed E-state index contributed by atoms with van der Waals surface area (Å²) >= 11 is 0. The van der Waals surface area contributed by atoms with Crippen molar-refractivity contribution in [2.24, 2.45) is 21.8 Å². The van der Waals surface area contributed by atoms with Crippen molar-refractivity contribution in [3.8, 4) is 0 Å². The van der Waals surface area contributed by atoms with Crippen LogP contribution in [-0.2, 0) is 21.2 Å². The van der Waals surface area contributed by atoms with Gasteiger partial charge in [0.05, 0.1) is 36.6 Å². The molecule has 1 fully saturated rings. The standard InChI is InChI=1S/C17H21N7O3S/c1-11-2-14(15-5-21-17(18)6-23(15)24-10-20-9-22-24)16(28(19,25)26)4-13(11)3-12-7-27-8-12/h2,4-5,9-10,12H,3,6-8H2,1H3,(H2,18,21)(H2,19,25,26). The Bertz CT molecular complexity index is 1060. The molecule has 10 nitrogen and oxygen atoms in total. The van der Waals surface area contributed by atoms with E-state index in [1.807, 2.05) is 13.0 Å². The molecule has 0 spiro atoms. The first-order chi connectivity index (χ1) is 13.3. The molecule has 0 amide bonds. The van der Waals surface area contributed by atoms with Crippen molar-refractivity contribution in [2.75, 3.05) is 24.8 Å². The summed E-state index contributed by atoms with van der Waals surface area (Å²) in [7, 11) is -3.98. The van der Waals surface area contributed by atoms with Gasteiger partial charge in [0.25, 0.3) is 0 Å². The van der Waals surface area contributed by atoms with E-state index in [0.29, 0.717) is 36.2 Å². The van der Waals surface area contributed by atoms with Crippen molar-refractivity contribution in [3.63, 3.8) is 0 Å². The number of hydrogen-bond acceptors (Lipinski definition) is 8. The van der Waals surface area contributed by atoms with Gasteiger partial charge in [0.2, 0.25) is 10.0 Å². The largest absolute Gasteiger partial charge is 0.386 e. The fraction of sp³-hybridized carbons (Fsp3) is 0.353. The summed E-state index contributed by atoms with van der Waals surface area (Å²) in [4.78, 5) is 9.64. The molecule has 28 heavy (non-hydrogen) atoms. The number of aryl methyl sites for hydroxylation is 1. The van der Waals surface area contributed by atoms with E-state index in [0.717, 1.165) is 17.5 Å². The lowest BCUT2D eigenvalue weighted by Crippen LogP contribution is -2.42. The predicted molar refractivity (Wildman–Crippen MR) is 103 cm³/mol. The summed E-state index contributed by atoms with van der Waals surface area (Å²) in [6.07, 6.45) is 5.14. The van der Waals surface area contributed by atoms with Crippen LogP contribution < -0.4 is 15.9 Å². The number of hydrogen-bond donors (Lipinski definition) is 2. The molecule has 1 aromatic heterocycles. The Morgan fingerprint density at radius 2 is 2.11 bits per heavy atom. The highest BCUT2D eigenvalue weighted by Crippen LogP contribution is 2.31. The molecule has 3 heterocycles. The Hall–Kier alpha value is -2.76. The molecule has 1 saturated heterocycles. The number of aromatic nitrogens is 3. The van der Waals surface area contributed by atoms with E-state index in [-0.39, 0.29) is 11.4 Å². The molecule has 0 saturated carbocycles. The molecule has 2 aliphatic heterocycles. The lowest BCUT2D eigenvalue weighted by atomic mass is 9.93. The number of amidine groups is 1. The van der Waals surface area contributed by atoms with Crippen LogP contribution in [0.2, 0.25) is 0 Å². The Morgan fingerprint density at radius 1 is 1.32 bits per heavy atom. The van der Waals surface area contributed by atoms with Crippen LogP contribution in [0.25, 0.3) is 5.70 Å². The highest BCUT2D eigenvalue weighted by atomic mass is 32.2. The number of nitrogens with zero attached hydrogens (tertiary/aromatic N) is 5. The van der Waals surface area contributed by atoms with Gasteiger partial charge in [-0.05, 0) is 36.6 Å². The van der Waals surface area contributed by atoms with Crippen molar-refractivity contribution in [1.29, 1.82) is 0 Å². The van der Waals surface area contributed by atoms with Crippen molar-refractivity contribution in [2.45, 2.75) is 18.2 Å². The van der Waals surface area contributed by atoms with E-state index < -0.39 is 10.0 Å². The molecule has 148 valence electrons. The average molecular weight is 403 g/mol. The molecule has 2 aromatic rings. The van der Waals surface area contributed by atoms with Crippen LogP contribution >= 0.6 is 0 Å². The zero-order chi connectivity index (χ0) is 19.9. The van der Waals surface area contributed by atoms with Gasteiger partial charge in [-0.3, -0.25) is 5.01 Å². The SMILES string of the molecule is Cc1cc(C2=CN=C(N)CN2n2cncn2)c(S(N)(=O)=O)cc1CC1COC1. The summed E-state index contributed by atoms with van der Waals surface area (Å²) in [6.45, 7) is 3.56. The third-order valence-corrected chi connectivity index (χ3v) is 5.78. The first-order valence-electron chi connectivity index (χ1n) is 8.72. The number of rotatable bonds is 5. The first-order valence-corrected chi connectivity index (χ1v) is 10.3. The molecule has 2 aliphatic rings. The fourth-order valence-electron chi connectivity index (χ4n) is 3.31. The summed E-state index contributed by atoms with van der Waals surface area (Å²) in [5, 5.41) is 11.4. The smallest absolute Gasteiger partial charge is 0.238 e. The summed E-state index contributed by atoms with van der Waals surface area (Å²) in [5.41, 5.74) is 8.74. The highest BCUT2D eigenvalue weighted by molar-refractivity contribution is 7.89. The van der Waals surface area contributed by atoms with Gasteiger partial charge >= 0.3 is 0 Å². The molecule has 0 atom stereocenters. The van der Waals surface area contributed by atoms with E-state index in [4.69, 9.17) is 15.6 Å². The molecular formula is C17H21N7O3S. The quantitative estimate of drug-likeness (QED) is 0.700. The predicted octanol–water partition coefficient (Wildman–Crippen LogP) is -0.270. The van der Waals surface area contributed by atoms with E-state index >= 15 is 0 Å². The number of sulfonamides is 1. The van der Waals surface area contributed by atoms with Gasteiger partial charge in [0.15, 0.2) is 0 Å². The van der Waals surface area contributed by atoms with E-state index in [2.05, 4.69) is 15.1 Å². The Kier molecular flexibility index (Phi) is 4.65. The topological polar surface area (TPSA) is 142 Å². The Balaban J connectivity index is 1.84. The summed E-state index contributed by atoms with van der Waals surface area (Å²) in [5.74, 6) is 0.762. The number of nitrogens with two attached hydrogens (primary N) is 2. The van der Waals surface area contributed by atoms with E-state index in [9.17, 15) is 8.42 Å². The normalized spacial score (nSPS) is 17.9. The van der Waals surface area contributed by atoms with Crippen molar-refractivity contribution in [3.05, 3.63) is 47.7 Å². The molecule has 1 aromatic carbocycles. The number of primary sulfonamides is 1. The van der Waals surface area contributed by atoms with Crippen molar-refractivity contribution >= 4 is 21.6 Å². The second-order valence-electron chi connectivity index (χ2n) is 6.94. The minimum atomic E-state index is -3.98. The van der Waals surface area contributed by atoms with Gasteiger partial charge in [-0.2, -0.15) is 4.79 Å². The lowest BCUT2D eigenvalue weighted by molar-refractivity contribution is -0.0313. The zero-order valence-electron chi connectivity index (χ0n) is 15.3. The van der Waals surface area contributed by atoms with Crippen LogP contribution in [0.1, 0.15) is 16.7 Å². The van der Waals surface area contributed by atoms with Gasteiger partial charge in [0, 0.05) is 11.5 Å². The second kappa shape index (κ2) is 7.00. The molecule has 0 bridgehead atoms. The van der Waals surface area contributed by atoms with Crippen LogP contribution in [0.15, 0.2) is 40.9 Å². The highest BCUT2D eigenvalue weighted by Gasteiger charge is 2.27. The maximum Gasteiger partial charge on any atom is 0.238 e. The number of benzene rings is 1. The molecular weight excluding hydrogens is 382 g/mol. The fourth-order valence-corrected chi connectivity index (χ4v) is 4.08. The Labute approximate surface area is 162 Å². The zero-order valence-corrected chi connectivity index (χ0v) is 16.1. The Morgan fingerprint density at radius 3 is 2.71 bits per heavy atom. The van der Waals surface area contributed by atoms with E-state index in [1.54, 1.807) is 11.1 Å². The van der Waals surface area contributed by atoms with Crippen LogP contribution in [0.5, 0.6) is 0 Å². The van der Waals surface area contributed by atoms with E-state index in [1.165, 1.54) is 23.6 Å². The van der Waals surface area contributed by atoms with Crippen LogP contribution in [-0.4, -0.2) is 48.9 Å². The van der Waals surface area contributed by atoms with Crippen molar-refractivity contribution in [1.82, 2.24) is 14.9 Å². The minimum Gasteiger partial charge on any atom is -0.386 e. The number of ether oxygens (including phenoxy) is 1. The minimum absolute atomic E-state index is 0.0420. The first kappa shape index (κ1) is 18.6. The van der Waals surface area contributed by atoms with Gasteiger partial charge < -0.3 is 10.5 Å². The van der Waals surface area contributed by atoms with Gasteiger partial charge in [-0.25, -0.2) is 23.5 Å². The van der Waals surface area contributed by atoms with Crippen LogP contribution in [0.4, 0.5) is 0 Å². The third kappa shape index (κ3) is 3.51. The lowest BCUT2D eigenvalue weighted by Gasteiger charge is -2.30. The van der Waals surface area contributed by atoms with Gasteiger partial charge in [-0.15, -0.1) is 5.10 Å². The number of aliphatic imine (C=N–C) groups is 1. The molecule has 0 aliphatic carbocycles. The second-order valence-corrected chi connectivity index (χ2v) is 8.47. The molecule has 0 radical (unpaired) electrons. The molecule has 11 heteroatoms. The molecule has 0 unspecified atom stereocenters. The van der Waals surface area contributed by atoms with Crippen LogP contribution in [0.3, 0.4) is 0 Å². The van der Waals surface area contributed by atoms with Gasteiger partial charge in [-0.1, -0.05) is 0 Å². The third-order valence-electron chi connectivity index (χ3n) is 4.83. The van der Waals surface area contributed by atoms with Crippen LogP contribution in [0, 0.1) is 12.8 Å². The van der Waals surface area contributed by atoms with Crippen molar-refractivity contribution < 1.29 is 13.2 Å². The monoisotopic (exact) mass is 403 g/mol. The summed E-state index contributed by atoms with van der Waals surface area (Å²) < 4.78 is 30.0. The maximum atomic E-state index is 12.4. The molecule has 4 rings (SSSR count).